The summed E-state index contributed by atoms with van der Waals surface area (Å²) in [6.45, 7) is 2.54. The zero-order valence-corrected chi connectivity index (χ0v) is 9.78. The van der Waals surface area contributed by atoms with E-state index in [1.54, 1.807) is 0 Å². The molecule has 0 N–H and O–H groups in total. The monoisotopic (exact) mass is 236 g/mol. The molecule has 0 bridgehead atoms. The molecule has 0 saturated heterocycles. The lowest BCUT2D eigenvalue weighted by Crippen LogP contribution is -1.93. The van der Waals surface area contributed by atoms with Gasteiger partial charge >= 0.3 is 0 Å². The Hall–Kier alpha value is -1.49. The van der Waals surface area contributed by atoms with E-state index in [2.05, 4.69) is 22.8 Å². The summed E-state index contributed by atoms with van der Waals surface area (Å²) >= 11 is 4.08. The fourth-order valence-corrected chi connectivity index (χ4v) is 1.48. The molecule has 2 rings (SSSR count). The summed E-state index contributed by atoms with van der Waals surface area (Å²) in [4.78, 5) is 0. The third-order valence-electron chi connectivity index (χ3n) is 2.02. The Kier molecular flexibility index (Phi) is 3.46. The normalized spacial score (nSPS) is 10.4. The number of hydrogen-bond acceptors (Lipinski definition) is 5. The molecule has 0 aliphatic heterocycles. The Morgan fingerprint density at radius 2 is 2.12 bits per heavy atom. The topological polar surface area (TPSA) is 48.2 Å². The van der Waals surface area contributed by atoms with Crippen LogP contribution < -0.4 is 4.74 Å². The molecular weight excluding hydrogens is 224 g/mol. The van der Waals surface area contributed by atoms with Crippen molar-refractivity contribution in [3.8, 4) is 17.2 Å². The molecule has 1 aromatic heterocycles. The molecule has 16 heavy (non-hydrogen) atoms. The first-order valence-corrected chi connectivity index (χ1v) is 5.63. The average Bonchev–Trinajstić information content (AvgIpc) is 2.79. The lowest BCUT2D eigenvalue weighted by atomic mass is 10.2. The van der Waals surface area contributed by atoms with Gasteiger partial charge in [-0.15, -0.1) is 10.2 Å². The van der Waals surface area contributed by atoms with Gasteiger partial charge in [0.25, 0.3) is 5.89 Å². The molecule has 0 aliphatic rings. The van der Waals surface area contributed by atoms with Crippen molar-refractivity contribution < 1.29 is 9.15 Å². The highest BCUT2D eigenvalue weighted by molar-refractivity contribution is 7.79. The lowest BCUT2D eigenvalue weighted by Gasteiger charge is -2.05. The molecule has 0 aliphatic carbocycles. The summed E-state index contributed by atoms with van der Waals surface area (Å²) in [5.41, 5.74) is 0.810. The predicted octanol–water partition coefficient (Wildman–Crippen LogP) is 2.57. The fourth-order valence-electron chi connectivity index (χ4n) is 1.35. The Labute approximate surface area is 99.1 Å². The third-order valence-corrected chi connectivity index (χ3v) is 2.29. The van der Waals surface area contributed by atoms with Crippen molar-refractivity contribution in [1.29, 1.82) is 0 Å². The molecule has 0 amide bonds. The van der Waals surface area contributed by atoms with E-state index in [9.17, 15) is 0 Å². The van der Waals surface area contributed by atoms with Gasteiger partial charge in [0.1, 0.15) is 5.75 Å². The van der Waals surface area contributed by atoms with Crippen LogP contribution in [0.15, 0.2) is 28.7 Å². The minimum Gasteiger partial charge on any atom is -0.493 e. The van der Waals surface area contributed by atoms with Gasteiger partial charge in [-0.2, -0.15) is 12.6 Å². The van der Waals surface area contributed by atoms with E-state index >= 15 is 0 Å². The SMILES string of the molecule is CCOc1ccccc1-c1nnc(CS)o1. The molecule has 1 heterocycles. The van der Waals surface area contributed by atoms with E-state index in [4.69, 9.17) is 9.15 Å². The van der Waals surface area contributed by atoms with Crippen LogP contribution in [0.4, 0.5) is 0 Å². The zero-order chi connectivity index (χ0) is 11.4. The van der Waals surface area contributed by atoms with Crippen LogP contribution in [-0.4, -0.2) is 16.8 Å². The van der Waals surface area contributed by atoms with E-state index in [1.807, 2.05) is 31.2 Å². The van der Waals surface area contributed by atoms with Gasteiger partial charge in [-0.1, -0.05) is 12.1 Å². The van der Waals surface area contributed by atoms with Crippen LogP contribution in [0.25, 0.3) is 11.5 Å². The Balaban J connectivity index is 2.38. The molecular formula is C11H12N2O2S. The van der Waals surface area contributed by atoms with Crippen molar-refractivity contribution in [1.82, 2.24) is 10.2 Å². The first-order valence-electron chi connectivity index (χ1n) is 5.00. The summed E-state index contributed by atoms with van der Waals surface area (Å²) in [7, 11) is 0. The highest BCUT2D eigenvalue weighted by Crippen LogP contribution is 2.28. The van der Waals surface area contributed by atoms with Crippen LogP contribution in [0.5, 0.6) is 5.75 Å². The summed E-state index contributed by atoms with van der Waals surface area (Å²) in [6, 6.07) is 7.58. The van der Waals surface area contributed by atoms with Crippen molar-refractivity contribution >= 4 is 12.6 Å². The number of ether oxygens (including phenoxy) is 1. The maximum Gasteiger partial charge on any atom is 0.251 e. The minimum absolute atomic E-state index is 0.434. The summed E-state index contributed by atoms with van der Waals surface area (Å²) in [5.74, 6) is 2.15. The number of aromatic nitrogens is 2. The summed E-state index contributed by atoms with van der Waals surface area (Å²) < 4.78 is 10.9. The quantitative estimate of drug-likeness (QED) is 0.829. The van der Waals surface area contributed by atoms with Gasteiger partial charge < -0.3 is 9.15 Å². The number of rotatable bonds is 4. The maximum atomic E-state index is 5.49. The Bertz CT molecular complexity index is 471. The van der Waals surface area contributed by atoms with Crippen molar-refractivity contribution in [3.63, 3.8) is 0 Å². The molecule has 1 aromatic carbocycles. The van der Waals surface area contributed by atoms with Gasteiger partial charge in [0.2, 0.25) is 5.89 Å². The van der Waals surface area contributed by atoms with E-state index in [1.165, 1.54) is 0 Å². The molecule has 0 spiro atoms. The first kappa shape index (κ1) is 11.0. The first-order chi connectivity index (χ1) is 7.85. The molecule has 0 saturated carbocycles. The van der Waals surface area contributed by atoms with Gasteiger partial charge in [-0.3, -0.25) is 0 Å². The van der Waals surface area contributed by atoms with E-state index < -0.39 is 0 Å². The lowest BCUT2D eigenvalue weighted by molar-refractivity contribution is 0.340. The average molecular weight is 236 g/mol. The second kappa shape index (κ2) is 5.03. The van der Waals surface area contributed by atoms with E-state index in [-0.39, 0.29) is 0 Å². The molecule has 0 fully saturated rings. The number of nitrogens with zero attached hydrogens (tertiary/aromatic N) is 2. The van der Waals surface area contributed by atoms with E-state index in [0.717, 1.165) is 11.3 Å². The molecule has 5 heteroatoms. The second-order valence-electron chi connectivity index (χ2n) is 3.09. The highest BCUT2D eigenvalue weighted by atomic mass is 32.1. The highest BCUT2D eigenvalue weighted by Gasteiger charge is 2.12. The molecule has 0 unspecified atom stereocenters. The summed E-state index contributed by atoms with van der Waals surface area (Å²) in [6.07, 6.45) is 0. The second-order valence-corrected chi connectivity index (χ2v) is 3.40. The van der Waals surface area contributed by atoms with Crippen LogP contribution >= 0.6 is 12.6 Å². The van der Waals surface area contributed by atoms with Crippen LogP contribution in [0, 0.1) is 0 Å². The van der Waals surface area contributed by atoms with Gasteiger partial charge in [0.05, 0.1) is 17.9 Å². The molecule has 4 nitrogen and oxygen atoms in total. The number of thiol groups is 1. The Morgan fingerprint density at radius 3 is 2.81 bits per heavy atom. The predicted molar refractivity (Wildman–Crippen MR) is 63.6 cm³/mol. The largest absolute Gasteiger partial charge is 0.493 e. The molecule has 0 atom stereocenters. The molecule has 2 aromatic rings. The van der Waals surface area contributed by atoms with Gasteiger partial charge in [0, 0.05) is 0 Å². The molecule has 0 radical (unpaired) electrons. The standard InChI is InChI=1S/C11H12N2O2S/c1-2-14-9-6-4-3-5-8(9)11-13-12-10(7-16)15-11/h3-6,16H,2,7H2,1H3. The van der Waals surface area contributed by atoms with Crippen molar-refractivity contribution in [3.05, 3.63) is 30.2 Å². The van der Waals surface area contributed by atoms with Gasteiger partial charge in [-0.05, 0) is 19.1 Å². The van der Waals surface area contributed by atoms with Gasteiger partial charge in [-0.25, -0.2) is 0 Å². The van der Waals surface area contributed by atoms with E-state index in [0.29, 0.717) is 24.1 Å². The smallest absolute Gasteiger partial charge is 0.251 e. The Morgan fingerprint density at radius 1 is 1.31 bits per heavy atom. The van der Waals surface area contributed by atoms with Crippen molar-refractivity contribution in [2.24, 2.45) is 0 Å². The number of hydrogen-bond donors (Lipinski definition) is 1. The number of para-hydroxylation sites is 1. The molecule has 84 valence electrons. The van der Waals surface area contributed by atoms with Crippen LogP contribution in [-0.2, 0) is 5.75 Å². The number of benzene rings is 1. The third kappa shape index (κ3) is 2.19. The van der Waals surface area contributed by atoms with Crippen molar-refractivity contribution in [2.75, 3.05) is 6.61 Å². The van der Waals surface area contributed by atoms with Crippen LogP contribution in [0.3, 0.4) is 0 Å². The fraction of sp³-hybridized carbons (Fsp3) is 0.273. The van der Waals surface area contributed by atoms with Crippen LogP contribution in [0.2, 0.25) is 0 Å². The van der Waals surface area contributed by atoms with Crippen molar-refractivity contribution in [2.45, 2.75) is 12.7 Å². The summed E-state index contributed by atoms with van der Waals surface area (Å²) in [5, 5.41) is 7.82. The van der Waals surface area contributed by atoms with Crippen LogP contribution in [0.1, 0.15) is 12.8 Å². The minimum atomic E-state index is 0.434. The van der Waals surface area contributed by atoms with Gasteiger partial charge in [0.15, 0.2) is 0 Å². The maximum absolute atomic E-state index is 5.49. The zero-order valence-electron chi connectivity index (χ0n) is 8.88.